The number of anilines is 1. The number of thiophene rings is 1. The Balaban J connectivity index is 1.94. The monoisotopic (exact) mass is 354 g/mol. The van der Waals surface area contributed by atoms with Gasteiger partial charge in [0.05, 0.1) is 5.39 Å². The molecule has 0 amide bonds. The quantitative estimate of drug-likeness (QED) is 0.775. The molecule has 3 heterocycles. The van der Waals surface area contributed by atoms with Crippen LogP contribution in [-0.2, 0) is 17.6 Å². The molecule has 1 N–H and O–H groups in total. The normalized spacial score (nSPS) is 13.6. The van der Waals surface area contributed by atoms with Crippen molar-refractivity contribution in [3.05, 3.63) is 35.0 Å². The van der Waals surface area contributed by atoms with E-state index >= 15 is 0 Å². The molecular formula is C18H18N4O2S. The van der Waals surface area contributed by atoms with Crippen molar-refractivity contribution in [3.63, 3.8) is 0 Å². The zero-order valence-electron chi connectivity index (χ0n) is 13.9. The number of likely N-dealkylation sites (N-methyl/N-ethyl adjacent to an activating group) is 1. The van der Waals surface area contributed by atoms with Crippen LogP contribution in [0.4, 0.5) is 5.82 Å². The summed E-state index contributed by atoms with van der Waals surface area (Å²) in [5.41, 5.74) is 2.14. The molecule has 0 saturated heterocycles. The largest absolute Gasteiger partial charge is 0.480 e. The maximum absolute atomic E-state index is 11.2. The van der Waals surface area contributed by atoms with Crippen LogP contribution in [0, 0.1) is 0 Å². The summed E-state index contributed by atoms with van der Waals surface area (Å²) in [5.74, 6) is 0.415. The van der Waals surface area contributed by atoms with Crippen molar-refractivity contribution in [2.24, 2.45) is 0 Å². The second-order valence-electron chi connectivity index (χ2n) is 6.25. The molecule has 0 aromatic carbocycles. The first-order valence-electron chi connectivity index (χ1n) is 8.29. The van der Waals surface area contributed by atoms with E-state index in [4.69, 9.17) is 9.97 Å². The maximum atomic E-state index is 11.2. The van der Waals surface area contributed by atoms with Crippen molar-refractivity contribution in [1.82, 2.24) is 15.0 Å². The summed E-state index contributed by atoms with van der Waals surface area (Å²) in [6.45, 7) is -0.0940. The zero-order chi connectivity index (χ0) is 17.4. The van der Waals surface area contributed by atoms with Crippen LogP contribution in [0.15, 0.2) is 24.5 Å². The summed E-state index contributed by atoms with van der Waals surface area (Å²) in [6.07, 6.45) is 7.88. The third-order valence-corrected chi connectivity index (χ3v) is 5.63. The molecule has 3 aromatic rings. The van der Waals surface area contributed by atoms with Gasteiger partial charge in [-0.05, 0) is 43.4 Å². The van der Waals surface area contributed by atoms with Crippen molar-refractivity contribution in [2.75, 3.05) is 18.5 Å². The van der Waals surface area contributed by atoms with Crippen molar-refractivity contribution < 1.29 is 9.90 Å². The molecule has 0 fully saturated rings. The van der Waals surface area contributed by atoms with Crippen LogP contribution < -0.4 is 4.90 Å². The van der Waals surface area contributed by atoms with Crippen LogP contribution >= 0.6 is 11.3 Å². The molecule has 0 atom stereocenters. The molecule has 1 aliphatic rings. The molecule has 3 aromatic heterocycles. The highest BCUT2D eigenvalue weighted by Crippen LogP contribution is 2.40. The number of pyridine rings is 1. The number of carbonyl (C=O) groups is 1. The van der Waals surface area contributed by atoms with Crippen LogP contribution in [0.25, 0.3) is 21.6 Å². The summed E-state index contributed by atoms with van der Waals surface area (Å²) in [6, 6.07) is 3.77. The number of rotatable bonds is 4. The van der Waals surface area contributed by atoms with Gasteiger partial charge in [0.15, 0.2) is 5.82 Å². The highest BCUT2D eigenvalue weighted by molar-refractivity contribution is 7.19. The van der Waals surface area contributed by atoms with Crippen LogP contribution in [0.5, 0.6) is 0 Å². The van der Waals surface area contributed by atoms with E-state index in [2.05, 4.69) is 4.98 Å². The van der Waals surface area contributed by atoms with Crippen molar-refractivity contribution in [3.8, 4) is 11.4 Å². The summed E-state index contributed by atoms with van der Waals surface area (Å²) in [7, 11) is 1.77. The minimum absolute atomic E-state index is 0.0940. The van der Waals surface area contributed by atoms with Crippen molar-refractivity contribution in [2.45, 2.75) is 25.7 Å². The van der Waals surface area contributed by atoms with Crippen LogP contribution in [-0.4, -0.2) is 39.6 Å². The standard InChI is InChI=1S/C18H18N4O2S/c1-22(10-14(23)24)17-15-12-6-2-3-7-13(12)25-18(15)21-16(20-17)11-5-4-8-19-9-11/h4-5,8-9H,2-3,6-7,10H2,1H3,(H,23,24). The Kier molecular flexibility index (Phi) is 4.09. The van der Waals surface area contributed by atoms with Crippen molar-refractivity contribution >= 4 is 33.3 Å². The minimum Gasteiger partial charge on any atom is -0.480 e. The molecule has 7 heteroatoms. The number of nitrogens with zero attached hydrogens (tertiary/aromatic N) is 4. The number of aryl methyl sites for hydroxylation is 2. The number of carboxylic acids is 1. The first kappa shape index (κ1) is 16.0. The maximum Gasteiger partial charge on any atom is 0.323 e. The van der Waals surface area contributed by atoms with E-state index in [-0.39, 0.29) is 6.54 Å². The fraction of sp³-hybridized carbons (Fsp3) is 0.333. The number of carboxylic acid groups (broad SMARTS) is 1. The molecule has 6 nitrogen and oxygen atoms in total. The Bertz CT molecular complexity index is 939. The Labute approximate surface area is 149 Å². The molecule has 0 unspecified atom stereocenters. The van der Waals surface area contributed by atoms with E-state index in [1.165, 1.54) is 16.9 Å². The molecule has 0 spiro atoms. The second kappa shape index (κ2) is 6.40. The van der Waals surface area contributed by atoms with Crippen LogP contribution in [0.3, 0.4) is 0 Å². The highest BCUT2D eigenvalue weighted by atomic mass is 32.1. The summed E-state index contributed by atoms with van der Waals surface area (Å²) >= 11 is 1.71. The minimum atomic E-state index is -0.874. The third-order valence-electron chi connectivity index (χ3n) is 4.45. The van der Waals surface area contributed by atoms with E-state index in [9.17, 15) is 9.90 Å². The number of aromatic nitrogens is 3. The van der Waals surface area contributed by atoms with Gasteiger partial charge in [-0.2, -0.15) is 0 Å². The third kappa shape index (κ3) is 2.95. The Hall–Kier alpha value is -2.54. The number of hydrogen-bond donors (Lipinski definition) is 1. The average Bonchev–Trinajstić information content (AvgIpc) is 2.99. The molecule has 25 heavy (non-hydrogen) atoms. The zero-order valence-corrected chi connectivity index (χ0v) is 14.7. The summed E-state index contributed by atoms with van der Waals surface area (Å²) < 4.78 is 0. The molecule has 0 aliphatic heterocycles. The molecule has 0 radical (unpaired) electrons. The van der Waals surface area contributed by atoms with E-state index in [1.807, 2.05) is 12.1 Å². The Morgan fingerprint density at radius 1 is 1.32 bits per heavy atom. The molecule has 0 saturated carbocycles. The average molecular weight is 354 g/mol. The molecule has 4 rings (SSSR count). The highest BCUT2D eigenvalue weighted by Gasteiger charge is 2.23. The van der Waals surface area contributed by atoms with Gasteiger partial charge in [0.2, 0.25) is 0 Å². The van der Waals surface area contributed by atoms with Crippen LogP contribution in [0.1, 0.15) is 23.3 Å². The van der Waals surface area contributed by atoms with Gasteiger partial charge >= 0.3 is 5.97 Å². The lowest BCUT2D eigenvalue weighted by atomic mass is 9.97. The van der Waals surface area contributed by atoms with Crippen molar-refractivity contribution in [1.29, 1.82) is 0 Å². The van der Waals surface area contributed by atoms with Gasteiger partial charge in [0.25, 0.3) is 0 Å². The fourth-order valence-electron chi connectivity index (χ4n) is 3.32. The van der Waals surface area contributed by atoms with Gasteiger partial charge < -0.3 is 10.0 Å². The lowest BCUT2D eigenvalue weighted by Gasteiger charge is -2.19. The lowest BCUT2D eigenvalue weighted by Crippen LogP contribution is -2.26. The predicted octanol–water partition coefficient (Wildman–Crippen LogP) is 3.15. The SMILES string of the molecule is CN(CC(=O)O)c1nc(-c2cccnc2)nc2sc3c(c12)CCCC3. The van der Waals surface area contributed by atoms with Gasteiger partial charge in [-0.1, -0.05) is 0 Å². The van der Waals surface area contributed by atoms with E-state index in [1.54, 1.807) is 35.7 Å². The number of fused-ring (bicyclic) bond motifs is 3. The number of hydrogen-bond acceptors (Lipinski definition) is 6. The Morgan fingerprint density at radius 3 is 2.92 bits per heavy atom. The molecule has 1 aliphatic carbocycles. The van der Waals surface area contributed by atoms with Gasteiger partial charge in [0.1, 0.15) is 17.2 Å². The summed E-state index contributed by atoms with van der Waals surface area (Å²) in [5, 5.41) is 10.2. The van der Waals surface area contributed by atoms with E-state index < -0.39 is 5.97 Å². The Morgan fingerprint density at radius 2 is 2.16 bits per heavy atom. The molecular weight excluding hydrogens is 336 g/mol. The molecule has 128 valence electrons. The summed E-state index contributed by atoms with van der Waals surface area (Å²) in [4.78, 5) is 28.8. The van der Waals surface area contributed by atoms with Gasteiger partial charge in [0, 0.05) is 29.9 Å². The predicted molar refractivity (Wildman–Crippen MR) is 98.2 cm³/mol. The van der Waals surface area contributed by atoms with Gasteiger partial charge in [-0.3, -0.25) is 9.78 Å². The first-order chi connectivity index (χ1) is 12.1. The van der Waals surface area contributed by atoms with Gasteiger partial charge in [-0.15, -0.1) is 11.3 Å². The first-order valence-corrected chi connectivity index (χ1v) is 9.11. The fourth-order valence-corrected chi connectivity index (χ4v) is 4.57. The topological polar surface area (TPSA) is 79.2 Å². The van der Waals surface area contributed by atoms with E-state index in [0.29, 0.717) is 11.6 Å². The lowest BCUT2D eigenvalue weighted by molar-refractivity contribution is -0.135. The van der Waals surface area contributed by atoms with Crippen LogP contribution in [0.2, 0.25) is 0 Å². The smallest absolute Gasteiger partial charge is 0.323 e. The number of aliphatic carboxylic acids is 1. The van der Waals surface area contributed by atoms with E-state index in [0.717, 1.165) is 35.0 Å². The van der Waals surface area contributed by atoms with Gasteiger partial charge in [-0.25, -0.2) is 9.97 Å². The second-order valence-corrected chi connectivity index (χ2v) is 7.34. The molecule has 0 bridgehead atoms.